The molecule has 1 aromatic carbocycles. The molecule has 6 nitrogen and oxygen atoms in total. The lowest BCUT2D eigenvalue weighted by atomic mass is 9.72. The maximum Gasteiger partial charge on any atom is 0.418 e. The van der Waals surface area contributed by atoms with Crippen LogP contribution in [-0.4, -0.2) is 46.2 Å². The molecule has 3 atom stereocenters. The van der Waals surface area contributed by atoms with Gasteiger partial charge in [0, 0.05) is 48.5 Å². The highest BCUT2D eigenvalue weighted by Gasteiger charge is 2.44. The molecule has 2 aliphatic rings. The van der Waals surface area contributed by atoms with Crippen LogP contribution in [0.2, 0.25) is 5.02 Å². The molecule has 0 spiro atoms. The maximum atomic E-state index is 13.4. The third kappa shape index (κ3) is 5.18. The highest BCUT2D eigenvalue weighted by Crippen LogP contribution is 2.42. The molecule has 0 aliphatic carbocycles. The fraction of sp³-hybridized carbons (Fsp3) is 0.462. The molecule has 36 heavy (non-hydrogen) atoms. The number of nitrogens with one attached hydrogen (secondary N) is 1. The number of aromatic nitrogens is 1. The van der Waals surface area contributed by atoms with Crippen LogP contribution in [-0.2, 0) is 27.5 Å². The summed E-state index contributed by atoms with van der Waals surface area (Å²) >= 11 is 6.69. The van der Waals surface area contributed by atoms with E-state index in [1.165, 1.54) is 0 Å². The normalized spacial score (nSPS) is 25.2. The van der Waals surface area contributed by atoms with Crippen LogP contribution in [0.3, 0.4) is 0 Å². The van der Waals surface area contributed by atoms with E-state index >= 15 is 0 Å². The minimum absolute atomic E-state index is 0.0123. The molecule has 0 radical (unpaired) electrons. The average molecular weight is 522 g/mol. The summed E-state index contributed by atoms with van der Waals surface area (Å²) in [6, 6.07) is 6.86. The number of amidine groups is 1. The molecule has 10 heteroatoms. The summed E-state index contributed by atoms with van der Waals surface area (Å²) in [4.78, 5) is 31.3. The van der Waals surface area contributed by atoms with Crippen LogP contribution in [0, 0.1) is 5.41 Å². The Labute approximate surface area is 212 Å². The van der Waals surface area contributed by atoms with Gasteiger partial charge in [0.25, 0.3) is 0 Å². The van der Waals surface area contributed by atoms with E-state index in [1.54, 1.807) is 23.1 Å². The topological polar surface area (TPSA) is 83.4 Å². The van der Waals surface area contributed by atoms with E-state index in [2.05, 4.69) is 4.98 Å². The Hall–Kier alpha value is -2.78. The van der Waals surface area contributed by atoms with Gasteiger partial charge in [-0.1, -0.05) is 36.7 Å². The summed E-state index contributed by atoms with van der Waals surface area (Å²) in [5.74, 6) is -0.776. The first kappa shape index (κ1) is 26.3. The van der Waals surface area contributed by atoms with Gasteiger partial charge in [-0.05, 0) is 43.0 Å². The Morgan fingerprint density at radius 3 is 2.69 bits per heavy atom. The van der Waals surface area contributed by atoms with Crippen LogP contribution < -0.4 is 0 Å². The fourth-order valence-electron chi connectivity index (χ4n) is 5.21. The number of benzene rings is 1. The standard InChI is InChI=1S/C26H27ClF3N3O3/c1-15-11-17(8-10-36-15)33-21(31)13-25(2,14-22(33)35)18-6-3-5-16(23(18)27)12-20(34)24-19(26(28,29)30)7-4-9-32-24/h3-7,9,15,17,31H,8,10-14H2,1-2H3/t15-,17-,25+/m1/s1. The summed E-state index contributed by atoms with van der Waals surface area (Å²) in [6.45, 7) is 4.33. The van der Waals surface area contributed by atoms with Crippen molar-refractivity contribution in [3.63, 3.8) is 0 Å². The number of pyridine rings is 1. The summed E-state index contributed by atoms with van der Waals surface area (Å²) < 4.78 is 45.7. The number of Topliss-reactive ketones (excluding diaryl/α,β-unsaturated/α-hetero) is 1. The minimum Gasteiger partial charge on any atom is -0.378 e. The molecule has 0 bridgehead atoms. The number of halogens is 4. The Balaban J connectivity index is 1.58. The molecule has 1 aromatic heterocycles. The van der Waals surface area contributed by atoms with Crippen LogP contribution in [0.25, 0.3) is 0 Å². The number of amides is 1. The van der Waals surface area contributed by atoms with E-state index in [9.17, 15) is 22.8 Å². The highest BCUT2D eigenvalue weighted by atomic mass is 35.5. The Bertz CT molecular complexity index is 1180. The van der Waals surface area contributed by atoms with Gasteiger partial charge >= 0.3 is 6.18 Å². The van der Waals surface area contributed by atoms with Crippen molar-refractivity contribution in [3.8, 4) is 0 Å². The molecule has 3 heterocycles. The summed E-state index contributed by atoms with van der Waals surface area (Å²) in [6.07, 6.45) is -2.21. The SMILES string of the molecule is C[C@@H]1C[C@H](N2C(=N)C[C@](C)(c3cccc(CC(=O)c4ncccc4C(F)(F)F)c3Cl)CC2=O)CCO1. The van der Waals surface area contributed by atoms with Crippen LogP contribution in [0.1, 0.15) is 66.7 Å². The number of hydrogen-bond acceptors (Lipinski definition) is 5. The van der Waals surface area contributed by atoms with E-state index in [0.717, 1.165) is 18.3 Å². The molecule has 2 fully saturated rings. The largest absolute Gasteiger partial charge is 0.418 e. The number of carbonyl (C=O) groups is 2. The zero-order valence-corrected chi connectivity index (χ0v) is 20.7. The predicted octanol–water partition coefficient (Wildman–Crippen LogP) is 5.60. The van der Waals surface area contributed by atoms with Crippen LogP contribution in [0.5, 0.6) is 0 Å². The first-order valence-corrected chi connectivity index (χ1v) is 12.1. The molecular weight excluding hydrogens is 495 g/mol. The number of nitrogens with zero attached hydrogens (tertiary/aromatic N) is 2. The first-order chi connectivity index (χ1) is 16.9. The maximum absolute atomic E-state index is 13.4. The molecule has 2 aliphatic heterocycles. The number of piperidine rings is 1. The third-order valence-corrected chi connectivity index (χ3v) is 7.38. The summed E-state index contributed by atoms with van der Waals surface area (Å²) in [5.41, 5.74) is -1.61. The van der Waals surface area contributed by atoms with Crippen molar-refractivity contribution in [3.05, 3.63) is 63.9 Å². The van der Waals surface area contributed by atoms with Crippen molar-refractivity contribution in [1.82, 2.24) is 9.88 Å². The zero-order chi connectivity index (χ0) is 26.3. The molecule has 4 rings (SSSR count). The van der Waals surface area contributed by atoms with Gasteiger partial charge < -0.3 is 4.74 Å². The van der Waals surface area contributed by atoms with Crippen LogP contribution in [0.15, 0.2) is 36.5 Å². The number of hydrogen-bond donors (Lipinski definition) is 1. The van der Waals surface area contributed by atoms with Gasteiger partial charge in [0.05, 0.1) is 11.7 Å². The fourth-order valence-corrected chi connectivity index (χ4v) is 5.63. The monoisotopic (exact) mass is 521 g/mol. The van der Waals surface area contributed by atoms with Gasteiger partial charge in [-0.25, -0.2) is 0 Å². The number of ether oxygens (including phenoxy) is 1. The molecule has 1 N–H and O–H groups in total. The van der Waals surface area contributed by atoms with Gasteiger partial charge in [-0.2, -0.15) is 13.2 Å². The predicted molar refractivity (Wildman–Crippen MR) is 128 cm³/mol. The Morgan fingerprint density at radius 1 is 1.28 bits per heavy atom. The second-order valence-electron chi connectivity index (χ2n) is 9.76. The van der Waals surface area contributed by atoms with Gasteiger partial charge in [0.15, 0.2) is 5.78 Å². The molecule has 2 aromatic rings. The lowest BCUT2D eigenvalue weighted by Gasteiger charge is -2.44. The first-order valence-electron chi connectivity index (χ1n) is 11.7. The van der Waals surface area contributed by atoms with E-state index in [1.807, 2.05) is 13.8 Å². The van der Waals surface area contributed by atoms with E-state index < -0.39 is 28.6 Å². The number of ketones is 1. The van der Waals surface area contributed by atoms with Crippen molar-refractivity contribution in [2.75, 3.05) is 6.61 Å². The third-order valence-electron chi connectivity index (χ3n) is 6.94. The lowest BCUT2D eigenvalue weighted by molar-refractivity contribution is -0.138. The molecular formula is C26H27ClF3N3O3. The smallest absolute Gasteiger partial charge is 0.378 e. The van der Waals surface area contributed by atoms with Crippen LogP contribution >= 0.6 is 11.6 Å². The number of rotatable bonds is 5. The lowest BCUT2D eigenvalue weighted by Crippen LogP contribution is -2.54. The van der Waals surface area contributed by atoms with Crippen LogP contribution in [0.4, 0.5) is 13.2 Å². The number of likely N-dealkylation sites (tertiary alicyclic amines) is 1. The summed E-state index contributed by atoms with van der Waals surface area (Å²) in [5, 5.41) is 8.88. The van der Waals surface area contributed by atoms with Crippen molar-refractivity contribution < 1.29 is 27.5 Å². The van der Waals surface area contributed by atoms with Crippen molar-refractivity contribution in [1.29, 1.82) is 5.41 Å². The molecule has 0 unspecified atom stereocenters. The zero-order valence-electron chi connectivity index (χ0n) is 20.0. The second kappa shape index (κ2) is 9.94. The molecule has 0 saturated carbocycles. The van der Waals surface area contributed by atoms with Crippen molar-refractivity contribution in [2.45, 2.75) is 69.7 Å². The van der Waals surface area contributed by atoms with Gasteiger partial charge in [0.2, 0.25) is 5.91 Å². The Kier molecular flexibility index (Phi) is 7.26. The average Bonchev–Trinajstić information content (AvgIpc) is 2.79. The van der Waals surface area contributed by atoms with Gasteiger partial charge in [0.1, 0.15) is 11.5 Å². The van der Waals surface area contributed by atoms with Crippen molar-refractivity contribution in [2.24, 2.45) is 0 Å². The number of alkyl halides is 3. The molecule has 192 valence electrons. The molecule has 1 amide bonds. The van der Waals surface area contributed by atoms with Gasteiger partial charge in [-0.3, -0.25) is 24.9 Å². The van der Waals surface area contributed by atoms with E-state index in [4.69, 9.17) is 21.7 Å². The van der Waals surface area contributed by atoms with Crippen molar-refractivity contribution >= 4 is 29.1 Å². The second-order valence-corrected chi connectivity index (χ2v) is 10.1. The summed E-state index contributed by atoms with van der Waals surface area (Å²) in [7, 11) is 0. The highest BCUT2D eigenvalue weighted by molar-refractivity contribution is 6.32. The number of carbonyl (C=O) groups excluding carboxylic acids is 2. The van der Waals surface area contributed by atoms with E-state index in [-0.39, 0.29) is 48.2 Å². The molecule has 2 saturated heterocycles. The van der Waals surface area contributed by atoms with E-state index in [0.29, 0.717) is 30.6 Å². The van der Waals surface area contributed by atoms with Gasteiger partial charge in [-0.15, -0.1) is 0 Å². The quantitative estimate of drug-likeness (QED) is 0.519. The minimum atomic E-state index is -4.71. The Morgan fingerprint density at radius 2 is 2.03 bits per heavy atom.